The van der Waals surface area contributed by atoms with Gasteiger partial charge in [0.05, 0.1) is 19.0 Å². The molecule has 0 aromatic carbocycles. The van der Waals surface area contributed by atoms with E-state index in [1.165, 1.54) is 5.56 Å². The zero-order valence-electron chi connectivity index (χ0n) is 15.0. The quantitative estimate of drug-likeness (QED) is 0.344. The molecule has 0 radical (unpaired) electrons. The van der Waals surface area contributed by atoms with Crippen LogP contribution in [0.15, 0.2) is 64.9 Å². The van der Waals surface area contributed by atoms with Gasteiger partial charge in [-0.1, -0.05) is 11.8 Å². The molecule has 4 rings (SSSR count). The molecule has 0 saturated heterocycles. The number of pyridine rings is 1. The van der Waals surface area contributed by atoms with Crippen LogP contribution < -0.4 is 0 Å². The number of hydrogen-bond acceptors (Lipinski definition) is 6. The molecule has 4 aromatic heterocycles. The predicted octanol–water partition coefficient (Wildman–Crippen LogP) is 3.44. The summed E-state index contributed by atoms with van der Waals surface area (Å²) in [7, 11) is 1.94. The molecule has 0 amide bonds. The van der Waals surface area contributed by atoms with Crippen LogP contribution >= 0.6 is 11.8 Å². The molecule has 4 heterocycles. The fourth-order valence-electron chi connectivity index (χ4n) is 2.85. The molecule has 0 unspecified atom stereocenters. The topological polar surface area (TPSA) is 74.6 Å². The van der Waals surface area contributed by atoms with Crippen molar-refractivity contribution in [2.45, 2.75) is 24.5 Å². The van der Waals surface area contributed by atoms with E-state index < -0.39 is 0 Å². The molecule has 0 atom stereocenters. The number of rotatable bonds is 8. The number of furan rings is 1. The Bertz CT molecular complexity index is 977. The van der Waals surface area contributed by atoms with E-state index in [0.717, 1.165) is 40.9 Å². The summed E-state index contributed by atoms with van der Waals surface area (Å²) < 4.78 is 9.45. The third-order valence-electron chi connectivity index (χ3n) is 4.13. The van der Waals surface area contributed by atoms with Crippen LogP contribution in [0.5, 0.6) is 0 Å². The monoisotopic (exact) mass is 380 g/mol. The highest BCUT2D eigenvalue weighted by Crippen LogP contribution is 2.25. The van der Waals surface area contributed by atoms with Crippen molar-refractivity contribution in [1.82, 2.24) is 29.5 Å². The Morgan fingerprint density at radius 2 is 2.11 bits per heavy atom. The number of aryl methyl sites for hydroxylation is 2. The summed E-state index contributed by atoms with van der Waals surface area (Å²) in [5, 5.41) is 13.9. The lowest BCUT2D eigenvalue weighted by atomic mass is 10.2. The van der Waals surface area contributed by atoms with Gasteiger partial charge in [0, 0.05) is 37.0 Å². The SMILES string of the molecule is Cn1cc(CCCSc2nnc(-c3cccnc3)n2Cc2ccco2)cn1. The molecule has 27 heavy (non-hydrogen) atoms. The van der Waals surface area contributed by atoms with Crippen molar-refractivity contribution in [3.8, 4) is 11.4 Å². The molecule has 0 aliphatic carbocycles. The van der Waals surface area contributed by atoms with Crippen molar-refractivity contribution in [3.63, 3.8) is 0 Å². The number of thioether (sulfide) groups is 1. The Hall–Kier alpha value is -2.87. The number of hydrogen-bond donors (Lipinski definition) is 0. The minimum Gasteiger partial charge on any atom is -0.467 e. The number of aromatic nitrogens is 6. The minimum atomic E-state index is 0.592. The predicted molar refractivity (Wildman–Crippen MR) is 103 cm³/mol. The van der Waals surface area contributed by atoms with Crippen molar-refractivity contribution < 1.29 is 4.42 Å². The van der Waals surface area contributed by atoms with Crippen molar-refractivity contribution in [1.29, 1.82) is 0 Å². The van der Waals surface area contributed by atoms with Crippen LogP contribution in [0.4, 0.5) is 0 Å². The smallest absolute Gasteiger partial charge is 0.191 e. The van der Waals surface area contributed by atoms with Crippen LogP contribution in [-0.2, 0) is 20.0 Å². The second kappa shape index (κ2) is 8.22. The first-order valence-electron chi connectivity index (χ1n) is 8.76. The second-order valence-electron chi connectivity index (χ2n) is 6.19. The zero-order valence-corrected chi connectivity index (χ0v) is 15.8. The first-order valence-corrected chi connectivity index (χ1v) is 9.74. The van der Waals surface area contributed by atoms with Gasteiger partial charge in [-0.15, -0.1) is 10.2 Å². The molecule has 0 fully saturated rings. The van der Waals surface area contributed by atoms with E-state index in [2.05, 4.69) is 31.0 Å². The molecule has 4 aromatic rings. The summed E-state index contributed by atoms with van der Waals surface area (Å²) in [5.74, 6) is 2.63. The summed E-state index contributed by atoms with van der Waals surface area (Å²) in [5.41, 5.74) is 2.20. The van der Waals surface area contributed by atoms with Gasteiger partial charge in [-0.3, -0.25) is 14.2 Å². The molecular weight excluding hydrogens is 360 g/mol. The molecule has 7 nitrogen and oxygen atoms in total. The van der Waals surface area contributed by atoms with Crippen molar-refractivity contribution in [2.75, 3.05) is 5.75 Å². The van der Waals surface area contributed by atoms with Gasteiger partial charge in [0.2, 0.25) is 0 Å². The maximum atomic E-state index is 5.53. The van der Waals surface area contributed by atoms with Gasteiger partial charge in [0.15, 0.2) is 11.0 Å². The molecule has 8 heteroatoms. The third-order valence-corrected chi connectivity index (χ3v) is 5.18. The highest BCUT2D eigenvalue weighted by molar-refractivity contribution is 7.99. The van der Waals surface area contributed by atoms with Crippen LogP contribution in [0.2, 0.25) is 0 Å². The van der Waals surface area contributed by atoms with Crippen molar-refractivity contribution in [3.05, 3.63) is 66.6 Å². The molecule has 0 bridgehead atoms. The molecule has 0 N–H and O–H groups in total. The summed E-state index contributed by atoms with van der Waals surface area (Å²) in [6.07, 6.45) is 11.3. The Morgan fingerprint density at radius 1 is 1.15 bits per heavy atom. The van der Waals surface area contributed by atoms with E-state index in [0.29, 0.717) is 6.54 Å². The lowest BCUT2D eigenvalue weighted by Crippen LogP contribution is -2.04. The van der Waals surface area contributed by atoms with Crippen LogP contribution in [0, 0.1) is 0 Å². The van der Waals surface area contributed by atoms with Gasteiger partial charge in [-0.05, 0) is 42.7 Å². The normalized spacial score (nSPS) is 11.1. The van der Waals surface area contributed by atoms with Gasteiger partial charge in [0.25, 0.3) is 0 Å². The fraction of sp³-hybridized carbons (Fsp3) is 0.263. The Balaban J connectivity index is 1.48. The van der Waals surface area contributed by atoms with Crippen LogP contribution in [0.3, 0.4) is 0 Å². The highest BCUT2D eigenvalue weighted by Gasteiger charge is 2.16. The summed E-state index contributed by atoms with van der Waals surface area (Å²) in [4.78, 5) is 4.20. The molecule has 0 aliphatic heterocycles. The van der Waals surface area contributed by atoms with Crippen molar-refractivity contribution >= 4 is 11.8 Å². The van der Waals surface area contributed by atoms with Gasteiger partial charge in [-0.25, -0.2) is 0 Å². The fourth-order valence-corrected chi connectivity index (χ4v) is 3.72. The maximum Gasteiger partial charge on any atom is 0.191 e. The van der Waals surface area contributed by atoms with Gasteiger partial charge in [-0.2, -0.15) is 5.10 Å². The molecular formula is C19H20N6OS. The minimum absolute atomic E-state index is 0.592. The summed E-state index contributed by atoms with van der Waals surface area (Å²) >= 11 is 1.71. The lowest BCUT2D eigenvalue weighted by Gasteiger charge is -2.08. The number of nitrogens with zero attached hydrogens (tertiary/aromatic N) is 6. The maximum absolute atomic E-state index is 5.53. The largest absolute Gasteiger partial charge is 0.467 e. The van der Waals surface area contributed by atoms with Gasteiger partial charge < -0.3 is 4.42 Å². The highest BCUT2D eigenvalue weighted by atomic mass is 32.2. The van der Waals surface area contributed by atoms with E-state index in [-0.39, 0.29) is 0 Å². The van der Waals surface area contributed by atoms with E-state index in [1.54, 1.807) is 30.4 Å². The van der Waals surface area contributed by atoms with Crippen LogP contribution in [0.1, 0.15) is 17.7 Å². The standard InChI is InChI=1S/C19H20N6OS/c1-24-13-15(11-21-24)5-4-10-27-19-23-22-18(16-6-2-8-20-12-16)25(19)14-17-7-3-9-26-17/h2-3,6-9,11-13H,4-5,10,14H2,1H3. The van der Waals surface area contributed by atoms with Crippen molar-refractivity contribution in [2.24, 2.45) is 7.05 Å². The summed E-state index contributed by atoms with van der Waals surface area (Å²) in [6.45, 7) is 0.592. The van der Waals surface area contributed by atoms with E-state index >= 15 is 0 Å². The first-order chi connectivity index (χ1) is 13.3. The first kappa shape index (κ1) is 17.5. The molecule has 0 spiro atoms. The van der Waals surface area contributed by atoms with E-state index in [1.807, 2.05) is 42.2 Å². The van der Waals surface area contributed by atoms with E-state index in [9.17, 15) is 0 Å². The second-order valence-corrected chi connectivity index (χ2v) is 7.25. The molecule has 0 saturated carbocycles. The zero-order chi connectivity index (χ0) is 18.5. The Kier molecular flexibility index (Phi) is 5.34. The van der Waals surface area contributed by atoms with Crippen LogP contribution in [0.25, 0.3) is 11.4 Å². The average molecular weight is 380 g/mol. The Labute approximate surface area is 161 Å². The van der Waals surface area contributed by atoms with Gasteiger partial charge >= 0.3 is 0 Å². The van der Waals surface area contributed by atoms with Gasteiger partial charge in [0.1, 0.15) is 5.76 Å². The molecule has 0 aliphatic rings. The summed E-state index contributed by atoms with van der Waals surface area (Å²) in [6, 6.07) is 7.75. The van der Waals surface area contributed by atoms with E-state index in [4.69, 9.17) is 4.42 Å². The average Bonchev–Trinajstić information content (AvgIpc) is 3.43. The third kappa shape index (κ3) is 4.28. The molecule has 138 valence electrons. The Morgan fingerprint density at radius 3 is 2.85 bits per heavy atom. The van der Waals surface area contributed by atoms with Crippen LogP contribution in [-0.4, -0.2) is 35.3 Å². The lowest BCUT2D eigenvalue weighted by molar-refractivity contribution is 0.485.